The number of hydrogen-bond donors (Lipinski definition) is 4. The molecule has 0 amide bonds. The zero-order chi connectivity index (χ0) is 15.6. The quantitative estimate of drug-likeness (QED) is 0.500. The maximum absolute atomic E-state index is 12.2. The normalized spacial score (nSPS) is 11.3. The summed E-state index contributed by atoms with van der Waals surface area (Å²) in [7, 11) is -4.63. The van der Waals surface area contributed by atoms with Gasteiger partial charge in [0.15, 0.2) is 5.78 Å². The Labute approximate surface area is 120 Å². The van der Waals surface area contributed by atoms with Crippen LogP contribution in [0, 0.1) is 0 Å². The first-order valence-corrected chi connectivity index (χ1v) is 7.59. The summed E-state index contributed by atoms with van der Waals surface area (Å²) < 4.78 is 11.4. The minimum atomic E-state index is -4.63. The van der Waals surface area contributed by atoms with Gasteiger partial charge in [-0.1, -0.05) is 12.1 Å². The second kappa shape index (κ2) is 5.69. The van der Waals surface area contributed by atoms with E-state index in [2.05, 4.69) is 0 Å². The minimum Gasteiger partial charge on any atom is -0.508 e. The molecular formula is C14H13O6P. The Kier molecular flexibility index (Phi) is 4.14. The predicted octanol–water partition coefficient (Wildman–Crippen LogP) is 1.33. The Bertz CT molecular complexity index is 734. The second-order valence-corrected chi connectivity index (χ2v) is 6.09. The molecule has 0 saturated heterocycles. The summed E-state index contributed by atoms with van der Waals surface area (Å²) in [5.41, 5.74) is 0.270. The van der Waals surface area contributed by atoms with Crippen LogP contribution < -0.4 is 5.30 Å². The van der Waals surface area contributed by atoms with Crippen molar-refractivity contribution >= 4 is 18.7 Å². The maximum atomic E-state index is 12.2. The summed E-state index contributed by atoms with van der Waals surface area (Å²) in [6.07, 6.45) is -0.148. The SMILES string of the molecule is O=C(Cc1cccc(O)c1)c1cc(O)ccc1P(=O)(O)O. The number of phenols is 2. The molecule has 7 heteroatoms. The molecule has 0 spiro atoms. The summed E-state index contributed by atoms with van der Waals surface area (Å²) in [4.78, 5) is 30.7. The summed E-state index contributed by atoms with van der Waals surface area (Å²) in [6, 6.07) is 9.17. The van der Waals surface area contributed by atoms with Crippen LogP contribution in [0.25, 0.3) is 0 Å². The zero-order valence-electron chi connectivity index (χ0n) is 10.8. The highest BCUT2D eigenvalue weighted by molar-refractivity contribution is 7.60. The second-order valence-electron chi connectivity index (χ2n) is 4.52. The van der Waals surface area contributed by atoms with Gasteiger partial charge in [-0.25, -0.2) is 0 Å². The summed E-state index contributed by atoms with van der Waals surface area (Å²) in [5.74, 6) is -0.826. The molecule has 6 nitrogen and oxygen atoms in total. The number of Topliss-reactive ketones (excluding diaryl/α,β-unsaturated/α-hetero) is 1. The van der Waals surface area contributed by atoms with Crippen molar-refractivity contribution < 1.29 is 29.4 Å². The third-order valence-electron chi connectivity index (χ3n) is 2.87. The molecule has 0 aliphatic heterocycles. The molecule has 0 aromatic heterocycles. The molecule has 0 radical (unpaired) electrons. The van der Waals surface area contributed by atoms with Gasteiger partial charge >= 0.3 is 7.60 Å². The Morgan fingerprint density at radius 1 is 1.00 bits per heavy atom. The topological polar surface area (TPSA) is 115 Å². The van der Waals surface area contributed by atoms with Gasteiger partial charge in [-0.15, -0.1) is 0 Å². The lowest BCUT2D eigenvalue weighted by molar-refractivity contribution is 0.0993. The van der Waals surface area contributed by atoms with Crippen molar-refractivity contribution in [3.8, 4) is 11.5 Å². The van der Waals surface area contributed by atoms with Gasteiger partial charge in [0.05, 0.1) is 5.30 Å². The van der Waals surface area contributed by atoms with Crippen molar-refractivity contribution in [1.82, 2.24) is 0 Å². The Morgan fingerprint density at radius 2 is 1.67 bits per heavy atom. The van der Waals surface area contributed by atoms with Crippen molar-refractivity contribution in [2.45, 2.75) is 6.42 Å². The third-order valence-corrected chi connectivity index (χ3v) is 3.89. The molecule has 2 rings (SSSR count). The lowest BCUT2D eigenvalue weighted by atomic mass is 10.0. The summed E-state index contributed by atoms with van der Waals surface area (Å²) in [6.45, 7) is 0. The highest BCUT2D eigenvalue weighted by atomic mass is 31.2. The first-order chi connectivity index (χ1) is 9.77. The molecule has 0 bridgehead atoms. The van der Waals surface area contributed by atoms with Crippen LogP contribution in [-0.2, 0) is 11.0 Å². The third kappa shape index (κ3) is 3.70. The number of carbonyl (C=O) groups excluding carboxylic acids is 1. The van der Waals surface area contributed by atoms with Crippen LogP contribution in [-0.4, -0.2) is 25.8 Å². The van der Waals surface area contributed by atoms with E-state index in [-0.39, 0.29) is 23.5 Å². The molecular weight excluding hydrogens is 295 g/mol. The predicted molar refractivity (Wildman–Crippen MR) is 75.9 cm³/mol. The summed E-state index contributed by atoms with van der Waals surface area (Å²) >= 11 is 0. The van der Waals surface area contributed by atoms with E-state index in [1.165, 1.54) is 12.1 Å². The fourth-order valence-corrected chi connectivity index (χ4v) is 2.72. The Morgan fingerprint density at radius 3 is 2.29 bits per heavy atom. The standard InChI is InChI=1S/C14H13O6P/c15-10-3-1-2-9(6-10)7-13(17)12-8-11(16)4-5-14(12)21(18,19)20/h1-6,8,15-16H,7H2,(H2,18,19,20). The number of rotatable bonds is 4. The Hall–Kier alpha value is -2.14. The van der Waals surface area contributed by atoms with Crippen molar-refractivity contribution in [3.63, 3.8) is 0 Å². The van der Waals surface area contributed by atoms with Crippen LogP contribution in [0.5, 0.6) is 11.5 Å². The average Bonchev–Trinajstić information content (AvgIpc) is 2.37. The van der Waals surface area contributed by atoms with E-state index in [0.717, 1.165) is 18.2 Å². The highest BCUT2D eigenvalue weighted by Crippen LogP contribution is 2.36. The van der Waals surface area contributed by atoms with Gasteiger partial charge in [0.2, 0.25) is 0 Å². The molecule has 0 atom stereocenters. The smallest absolute Gasteiger partial charge is 0.356 e. The number of carbonyl (C=O) groups is 1. The van der Waals surface area contributed by atoms with E-state index in [9.17, 15) is 29.4 Å². The number of hydrogen-bond acceptors (Lipinski definition) is 4. The molecule has 21 heavy (non-hydrogen) atoms. The number of benzene rings is 2. The first kappa shape index (κ1) is 15.3. The van der Waals surface area contributed by atoms with Crippen molar-refractivity contribution in [2.75, 3.05) is 0 Å². The number of aromatic hydroxyl groups is 2. The monoisotopic (exact) mass is 308 g/mol. The molecule has 0 saturated carbocycles. The zero-order valence-corrected chi connectivity index (χ0v) is 11.7. The average molecular weight is 308 g/mol. The van der Waals surface area contributed by atoms with Gasteiger partial charge in [-0.3, -0.25) is 9.36 Å². The van der Waals surface area contributed by atoms with Crippen LogP contribution in [0.4, 0.5) is 0 Å². The molecule has 110 valence electrons. The van der Waals surface area contributed by atoms with Crippen molar-refractivity contribution in [3.05, 3.63) is 53.6 Å². The Balaban J connectivity index is 2.39. The molecule has 0 unspecified atom stereocenters. The van der Waals surface area contributed by atoms with Gasteiger partial charge in [-0.2, -0.15) is 0 Å². The van der Waals surface area contributed by atoms with Crippen molar-refractivity contribution in [1.29, 1.82) is 0 Å². The van der Waals surface area contributed by atoms with E-state index in [4.69, 9.17) is 0 Å². The largest absolute Gasteiger partial charge is 0.508 e. The minimum absolute atomic E-state index is 0.00794. The fraction of sp³-hybridized carbons (Fsp3) is 0.0714. The lowest BCUT2D eigenvalue weighted by Gasteiger charge is -2.11. The first-order valence-electron chi connectivity index (χ1n) is 5.97. The molecule has 2 aromatic carbocycles. The molecule has 4 N–H and O–H groups in total. The van der Waals surface area contributed by atoms with Crippen molar-refractivity contribution in [2.24, 2.45) is 0 Å². The van der Waals surface area contributed by atoms with Gasteiger partial charge < -0.3 is 20.0 Å². The molecule has 0 heterocycles. The van der Waals surface area contributed by atoms with E-state index >= 15 is 0 Å². The van der Waals surface area contributed by atoms with E-state index < -0.39 is 18.7 Å². The van der Waals surface area contributed by atoms with Crippen LogP contribution in [0.1, 0.15) is 15.9 Å². The lowest BCUT2D eigenvalue weighted by Crippen LogP contribution is -2.17. The number of ketones is 1. The van der Waals surface area contributed by atoms with E-state index in [1.807, 2.05) is 0 Å². The van der Waals surface area contributed by atoms with Crippen LogP contribution in [0.3, 0.4) is 0 Å². The molecule has 0 fully saturated rings. The van der Waals surface area contributed by atoms with Gasteiger partial charge in [0.25, 0.3) is 0 Å². The maximum Gasteiger partial charge on any atom is 0.356 e. The van der Waals surface area contributed by atoms with Gasteiger partial charge in [-0.05, 0) is 35.9 Å². The van der Waals surface area contributed by atoms with Gasteiger partial charge in [0, 0.05) is 12.0 Å². The summed E-state index contributed by atoms with van der Waals surface area (Å²) in [5, 5.41) is 18.3. The highest BCUT2D eigenvalue weighted by Gasteiger charge is 2.25. The molecule has 0 aliphatic carbocycles. The van der Waals surface area contributed by atoms with Crippen LogP contribution in [0.15, 0.2) is 42.5 Å². The van der Waals surface area contributed by atoms with Crippen LogP contribution in [0.2, 0.25) is 0 Å². The van der Waals surface area contributed by atoms with E-state index in [1.54, 1.807) is 12.1 Å². The molecule has 0 aliphatic rings. The molecule has 2 aromatic rings. The fourth-order valence-electron chi connectivity index (χ4n) is 1.95. The van der Waals surface area contributed by atoms with Crippen LogP contribution >= 0.6 is 7.60 Å². The van der Waals surface area contributed by atoms with Gasteiger partial charge in [0.1, 0.15) is 11.5 Å². The number of phenolic OH excluding ortho intramolecular Hbond substituents is 2. The van der Waals surface area contributed by atoms with E-state index in [0.29, 0.717) is 5.56 Å².